The molecular weight excluding hydrogens is 274 g/mol. The number of nitrogens with one attached hydrogen (secondary N) is 1. The highest BCUT2D eigenvalue weighted by Crippen LogP contribution is 2.36. The lowest BCUT2D eigenvalue weighted by Gasteiger charge is -2.03. The first kappa shape index (κ1) is 13.4. The summed E-state index contributed by atoms with van der Waals surface area (Å²) >= 11 is 5.85. The van der Waals surface area contributed by atoms with Gasteiger partial charge in [0.1, 0.15) is 0 Å². The molecule has 1 aromatic heterocycles. The van der Waals surface area contributed by atoms with Crippen LogP contribution in [0.25, 0.3) is 0 Å². The average molecular weight is 292 g/mol. The molecule has 5 heteroatoms. The van der Waals surface area contributed by atoms with Crippen LogP contribution in [0.1, 0.15) is 43.8 Å². The summed E-state index contributed by atoms with van der Waals surface area (Å²) in [5, 5.41) is 8.09. The van der Waals surface area contributed by atoms with Gasteiger partial charge < -0.3 is 9.84 Å². The van der Waals surface area contributed by atoms with E-state index in [2.05, 4.69) is 22.4 Å². The first-order valence-corrected chi connectivity index (χ1v) is 7.40. The third-order valence-corrected chi connectivity index (χ3v) is 4.08. The Bertz CT molecular complexity index is 567. The second kappa shape index (κ2) is 5.83. The average Bonchev–Trinajstić information content (AvgIpc) is 3.07. The minimum atomic E-state index is 0.470. The number of rotatable bonds is 4. The molecule has 2 atom stereocenters. The molecule has 0 bridgehead atoms. The molecule has 0 radical (unpaired) electrons. The Hall–Kier alpha value is -1.55. The van der Waals surface area contributed by atoms with Crippen molar-refractivity contribution in [2.45, 2.75) is 38.6 Å². The van der Waals surface area contributed by atoms with Crippen LogP contribution in [0.3, 0.4) is 0 Å². The van der Waals surface area contributed by atoms with E-state index in [1.165, 1.54) is 19.3 Å². The second-order valence-electron chi connectivity index (χ2n) is 5.52. The van der Waals surface area contributed by atoms with Crippen molar-refractivity contribution in [2.75, 3.05) is 5.32 Å². The van der Waals surface area contributed by atoms with Crippen molar-refractivity contribution in [2.24, 2.45) is 5.92 Å². The van der Waals surface area contributed by atoms with Crippen LogP contribution in [-0.2, 0) is 6.54 Å². The molecule has 106 valence electrons. The fourth-order valence-corrected chi connectivity index (χ4v) is 2.82. The van der Waals surface area contributed by atoms with Crippen molar-refractivity contribution in [3.05, 3.63) is 41.0 Å². The van der Waals surface area contributed by atoms with E-state index in [-0.39, 0.29) is 0 Å². The second-order valence-corrected chi connectivity index (χ2v) is 5.96. The molecule has 2 unspecified atom stereocenters. The molecule has 1 heterocycles. The van der Waals surface area contributed by atoms with Gasteiger partial charge in [-0.3, -0.25) is 0 Å². The van der Waals surface area contributed by atoms with E-state index in [0.29, 0.717) is 18.4 Å². The molecule has 1 fully saturated rings. The highest BCUT2D eigenvalue weighted by molar-refractivity contribution is 6.30. The molecule has 4 nitrogen and oxygen atoms in total. The van der Waals surface area contributed by atoms with Crippen molar-refractivity contribution in [1.82, 2.24) is 10.1 Å². The first-order valence-electron chi connectivity index (χ1n) is 7.02. The van der Waals surface area contributed by atoms with Gasteiger partial charge in [-0.05, 0) is 49.4 Å². The van der Waals surface area contributed by atoms with Crippen LogP contribution in [0.15, 0.2) is 28.8 Å². The van der Waals surface area contributed by atoms with E-state index in [4.69, 9.17) is 16.1 Å². The lowest BCUT2D eigenvalue weighted by Crippen LogP contribution is -2.01. The third kappa shape index (κ3) is 3.12. The van der Waals surface area contributed by atoms with Crippen LogP contribution >= 0.6 is 11.6 Å². The Kier molecular flexibility index (Phi) is 3.92. The van der Waals surface area contributed by atoms with Crippen LogP contribution < -0.4 is 5.32 Å². The summed E-state index contributed by atoms with van der Waals surface area (Å²) in [5.41, 5.74) is 0.989. The number of benzene rings is 1. The van der Waals surface area contributed by atoms with Gasteiger partial charge >= 0.3 is 0 Å². The van der Waals surface area contributed by atoms with Gasteiger partial charge in [-0.2, -0.15) is 4.98 Å². The van der Waals surface area contributed by atoms with E-state index in [0.717, 1.165) is 22.5 Å². The minimum Gasteiger partial charge on any atom is -0.376 e. The van der Waals surface area contributed by atoms with Crippen LogP contribution in [0.4, 0.5) is 5.69 Å². The van der Waals surface area contributed by atoms with Crippen molar-refractivity contribution in [1.29, 1.82) is 0 Å². The number of hydrogen-bond donors (Lipinski definition) is 1. The maximum Gasteiger partial charge on any atom is 0.245 e. The van der Waals surface area contributed by atoms with Crippen molar-refractivity contribution < 1.29 is 4.52 Å². The molecule has 1 saturated carbocycles. The molecule has 2 aromatic rings. The molecule has 0 spiro atoms. The highest BCUT2D eigenvalue weighted by atomic mass is 35.5. The van der Waals surface area contributed by atoms with Gasteiger partial charge in [0, 0.05) is 16.6 Å². The lowest BCUT2D eigenvalue weighted by atomic mass is 10.1. The third-order valence-electron chi connectivity index (χ3n) is 3.83. The number of halogens is 1. The molecular formula is C15H18ClN3O. The van der Waals surface area contributed by atoms with Crippen molar-refractivity contribution in [3.63, 3.8) is 0 Å². The quantitative estimate of drug-likeness (QED) is 0.915. The normalized spacial score (nSPS) is 22.1. The van der Waals surface area contributed by atoms with Crippen LogP contribution in [0.5, 0.6) is 0 Å². The summed E-state index contributed by atoms with van der Waals surface area (Å²) in [6.07, 6.45) is 3.60. The Morgan fingerprint density at radius 3 is 2.80 bits per heavy atom. The smallest absolute Gasteiger partial charge is 0.245 e. The molecule has 20 heavy (non-hydrogen) atoms. The van der Waals surface area contributed by atoms with Gasteiger partial charge in [0.05, 0.1) is 6.54 Å². The van der Waals surface area contributed by atoms with E-state index >= 15 is 0 Å². The SMILES string of the molecule is CC1CCC(c2noc(CNc3ccc(Cl)cc3)n2)C1. The zero-order valence-electron chi connectivity index (χ0n) is 11.5. The predicted molar refractivity (Wildman–Crippen MR) is 78.8 cm³/mol. The van der Waals surface area contributed by atoms with Gasteiger partial charge in [0.25, 0.3) is 0 Å². The number of nitrogens with zero attached hydrogens (tertiary/aromatic N) is 2. The van der Waals surface area contributed by atoms with E-state index in [9.17, 15) is 0 Å². The fourth-order valence-electron chi connectivity index (χ4n) is 2.69. The maximum absolute atomic E-state index is 5.85. The van der Waals surface area contributed by atoms with E-state index < -0.39 is 0 Å². The topological polar surface area (TPSA) is 51.0 Å². The summed E-state index contributed by atoms with van der Waals surface area (Å²) in [7, 11) is 0. The van der Waals surface area contributed by atoms with Gasteiger partial charge in [-0.1, -0.05) is 23.7 Å². The largest absolute Gasteiger partial charge is 0.376 e. The molecule has 1 N–H and O–H groups in total. The number of aromatic nitrogens is 2. The zero-order chi connectivity index (χ0) is 13.9. The molecule has 3 rings (SSSR count). The van der Waals surface area contributed by atoms with Crippen LogP contribution in [-0.4, -0.2) is 10.1 Å². The standard InChI is InChI=1S/C15H18ClN3O/c1-10-2-3-11(8-10)15-18-14(20-19-15)9-17-13-6-4-12(16)5-7-13/h4-7,10-11,17H,2-3,8-9H2,1H3. The number of anilines is 1. The monoisotopic (exact) mass is 291 g/mol. The maximum atomic E-state index is 5.85. The Balaban J connectivity index is 1.58. The zero-order valence-corrected chi connectivity index (χ0v) is 12.2. The van der Waals surface area contributed by atoms with Gasteiger partial charge in [-0.25, -0.2) is 0 Å². The molecule has 1 aromatic carbocycles. The lowest BCUT2D eigenvalue weighted by molar-refractivity contribution is 0.373. The Labute approximate surface area is 123 Å². The Morgan fingerprint density at radius 1 is 1.30 bits per heavy atom. The van der Waals surface area contributed by atoms with E-state index in [1.807, 2.05) is 24.3 Å². The van der Waals surface area contributed by atoms with Crippen molar-refractivity contribution in [3.8, 4) is 0 Å². The minimum absolute atomic E-state index is 0.470. The summed E-state index contributed by atoms with van der Waals surface area (Å²) in [6, 6.07) is 7.56. The molecule has 1 aliphatic carbocycles. The molecule has 1 aliphatic rings. The molecule has 0 saturated heterocycles. The highest BCUT2D eigenvalue weighted by Gasteiger charge is 2.26. The van der Waals surface area contributed by atoms with Crippen molar-refractivity contribution >= 4 is 17.3 Å². The number of hydrogen-bond acceptors (Lipinski definition) is 4. The first-order chi connectivity index (χ1) is 9.70. The Morgan fingerprint density at radius 2 is 2.10 bits per heavy atom. The van der Waals surface area contributed by atoms with Gasteiger partial charge in [0.15, 0.2) is 5.82 Å². The summed E-state index contributed by atoms with van der Waals surface area (Å²) < 4.78 is 5.31. The fraction of sp³-hybridized carbons (Fsp3) is 0.467. The van der Waals surface area contributed by atoms with Gasteiger partial charge in [-0.15, -0.1) is 0 Å². The summed E-state index contributed by atoms with van der Waals surface area (Å²) in [6.45, 7) is 2.82. The summed E-state index contributed by atoms with van der Waals surface area (Å²) in [4.78, 5) is 4.49. The molecule has 0 amide bonds. The van der Waals surface area contributed by atoms with Crippen LogP contribution in [0.2, 0.25) is 5.02 Å². The summed E-state index contributed by atoms with van der Waals surface area (Å²) in [5.74, 6) is 2.74. The molecule has 0 aliphatic heterocycles. The van der Waals surface area contributed by atoms with Crippen LogP contribution in [0, 0.1) is 5.92 Å². The van der Waals surface area contributed by atoms with E-state index in [1.54, 1.807) is 0 Å². The van der Waals surface area contributed by atoms with Gasteiger partial charge in [0.2, 0.25) is 5.89 Å². The predicted octanol–water partition coefficient (Wildman–Crippen LogP) is 4.24.